The van der Waals surface area contributed by atoms with Gasteiger partial charge in [0.15, 0.2) is 5.17 Å². The minimum absolute atomic E-state index is 0.0695. The lowest BCUT2D eigenvalue weighted by molar-refractivity contribution is -0.129. The van der Waals surface area contributed by atoms with E-state index in [4.69, 9.17) is 9.73 Å². The average molecular weight is 502 g/mol. The second-order valence-corrected chi connectivity index (χ2v) is 9.28. The van der Waals surface area contributed by atoms with Crippen LogP contribution in [-0.2, 0) is 20.7 Å². The summed E-state index contributed by atoms with van der Waals surface area (Å²) in [5.74, 6) is -0.848. The molecule has 0 spiro atoms. The lowest BCUT2D eigenvalue weighted by Crippen LogP contribution is -2.46. The van der Waals surface area contributed by atoms with Gasteiger partial charge in [0, 0.05) is 18.7 Å². The van der Waals surface area contributed by atoms with Crippen molar-refractivity contribution in [1.82, 2.24) is 4.90 Å². The Labute approximate surface area is 214 Å². The van der Waals surface area contributed by atoms with Crippen molar-refractivity contribution in [1.29, 1.82) is 0 Å². The minimum Gasteiger partial charge on any atom is -0.462 e. The van der Waals surface area contributed by atoms with Crippen LogP contribution in [0, 0.1) is 0 Å². The predicted molar refractivity (Wildman–Crippen MR) is 142 cm³/mol. The van der Waals surface area contributed by atoms with Gasteiger partial charge in [0.1, 0.15) is 5.25 Å². The normalized spacial score (nSPS) is 16.6. The number of esters is 1. The molecule has 0 aromatic heterocycles. The summed E-state index contributed by atoms with van der Waals surface area (Å²) in [6.07, 6.45) is 0.755. The number of benzene rings is 3. The van der Waals surface area contributed by atoms with E-state index in [2.05, 4.69) is 5.32 Å². The first-order valence-electron chi connectivity index (χ1n) is 11.8. The van der Waals surface area contributed by atoms with Crippen LogP contribution in [0.15, 0.2) is 89.9 Å². The number of thioether (sulfide) groups is 1. The molecule has 0 radical (unpaired) electrons. The number of rotatable bonds is 8. The zero-order chi connectivity index (χ0) is 25.3. The summed E-state index contributed by atoms with van der Waals surface area (Å²) in [5.41, 5.74) is 2.78. The summed E-state index contributed by atoms with van der Waals surface area (Å²) in [6, 6.07) is 25.8. The number of ether oxygens (including phenoxy) is 1. The van der Waals surface area contributed by atoms with E-state index in [-0.39, 0.29) is 18.2 Å². The van der Waals surface area contributed by atoms with Crippen LogP contribution in [0.1, 0.15) is 29.3 Å². The van der Waals surface area contributed by atoms with Crippen LogP contribution >= 0.6 is 11.8 Å². The van der Waals surface area contributed by atoms with E-state index < -0.39 is 11.2 Å². The quantitative estimate of drug-likeness (QED) is 0.436. The van der Waals surface area contributed by atoms with Crippen LogP contribution in [0.25, 0.3) is 0 Å². The summed E-state index contributed by atoms with van der Waals surface area (Å²) < 4.78 is 4.99. The predicted octanol–water partition coefficient (Wildman–Crippen LogP) is 5.07. The molecule has 1 aliphatic heterocycles. The number of nitrogens with one attached hydrogen (secondary N) is 1. The van der Waals surface area contributed by atoms with Crippen molar-refractivity contribution in [3.8, 4) is 0 Å². The third-order valence-electron chi connectivity index (χ3n) is 5.54. The number of para-hydroxylation sites is 1. The molecular formula is C28H27N3O4S. The maximum Gasteiger partial charge on any atom is 0.338 e. The third-order valence-corrected chi connectivity index (χ3v) is 6.73. The van der Waals surface area contributed by atoms with Gasteiger partial charge in [-0.2, -0.15) is 0 Å². The van der Waals surface area contributed by atoms with E-state index in [9.17, 15) is 14.4 Å². The first kappa shape index (κ1) is 25.2. The lowest BCUT2D eigenvalue weighted by atomic mass is 10.1. The Balaban J connectivity index is 1.48. The number of amides is 2. The zero-order valence-corrected chi connectivity index (χ0v) is 20.7. The monoisotopic (exact) mass is 501 g/mol. The van der Waals surface area contributed by atoms with Crippen molar-refractivity contribution in [3.63, 3.8) is 0 Å². The Kier molecular flexibility index (Phi) is 8.52. The fraction of sp³-hybridized carbons (Fsp3) is 0.214. The van der Waals surface area contributed by atoms with Crippen LogP contribution < -0.4 is 5.32 Å². The van der Waals surface area contributed by atoms with E-state index in [1.807, 2.05) is 60.7 Å². The number of hydrogen-bond donors (Lipinski definition) is 1. The molecule has 1 heterocycles. The molecule has 0 bridgehead atoms. The number of hydrogen-bond acceptors (Lipinski definition) is 6. The molecule has 1 fully saturated rings. The van der Waals surface area contributed by atoms with Gasteiger partial charge in [-0.15, -0.1) is 0 Å². The molecule has 36 heavy (non-hydrogen) atoms. The molecule has 0 aliphatic carbocycles. The van der Waals surface area contributed by atoms with Gasteiger partial charge in [0.05, 0.1) is 17.9 Å². The van der Waals surface area contributed by atoms with E-state index in [0.717, 1.165) is 5.56 Å². The number of anilines is 1. The molecule has 3 aromatic carbocycles. The second-order valence-electron chi connectivity index (χ2n) is 8.11. The number of nitrogens with zero attached hydrogens (tertiary/aromatic N) is 2. The molecule has 8 heteroatoms. The molecule has 1 aliphatic rings. The highest BCUT2D eigenvalue weighted by molar-refractivity contribution is 8.15. The van der Waals surface area contributed by atoms with Gasteiger partial charge < -0.3 is 10.1 Å². The summed E-state index contributed by atoms with van der Waals surface area (Å²) in [6.45, 7) is 2.51. The highest BCUT2D eigenvalue weighted by Gasteiger charge is 2.35. The van der Waals surface area contributed by atoms with E-state index in [0.29, 0.717) is 41.7 Å². The Morgan fingerprint density at radius 1 is 1.00 bits per heavy atom. The van der Waals surface area contributed by atoms with Gasteiger partial charge in [-0.05, 0) is 55.3 Å². The van der Waals surface area contributed by atoms with Gasteiger partial charge in [0.2, 0.25) is 11.8 Å². The molecule has 4 rings (SSSR count). The summed E-state index contributed by atoms with van der Waals surface area (Å²) in [7, 11) is 0. The van der Waals surface area contributed by atoms with Crippen molar-refractivity contribution >= 4 is 46.1 Å². The lowest BCUT2D eigenvalue weighted by Gasteiger charge is -2.32. The molecule has 2 amide bonds. The second kappa shape index (κ2) is 12.2. The Morgan fingerprint density at radius 3 is 2.33 bits per heavy atom. The van der Waals surface area contributed by atoms with Crippen molar-refractivity contribution in [2.24, 2.45) is 4.99 Å². The number of carbonyl (C=O) groups excluding carboxylic acids is 3. The summed E-state index contributed by atoms with van der Waals surface area (Å²) >= 11 is 1.28. The van der Waals surface area contributed by atoms with Crippen molar-refractivity contribution in [2.45, 2.75) is 25.0 Å². The third kappa shape index (κ3) is 6.60. The largest absolute Gasteiger partial charge is 0.462 e. The first-order chi connectivity index (χ1) is 17.5. The fourth-order valence-corrected chi connectivity index (χ4v) is 4.81. The van der Waals surface area contributed by atoms with Crippen molar-refractivity contribution < 1.29 is 19.1 Å². The van der Waals surface area contributed by atoms with Gasteiger partial charge in [-0.25, -0.2) is 9.79 Å². The SMILES string of the molecule is CCOC(=O)c1ccc(NC(=O)C2CC(=O)N(CCc3ccccc3)C(=Nc3ccccc3)S2)cc1. The molecule has 1 atom stereocenters. The molecule has 1 N–H and O–H groups in total. The molecule has 3 aromatic rings. The summed E-state index contributed by atoms with van der Waals surface area (Å²) in [4.78, 5) is 44.5. The maximum atomic E-state index is 13.2. The first-order valence-corrected chi connectivity index (χ1v) is 12.6. The highest BCUT2D eigenvalue weighted by Crippen LogP contribution is 2.30. The number of aliphatic imine (C=N–C) groups is 1. The van der Waals surface area contributed by atoms with Crippen LogP contribution in [0.3, 0.4) is 0 Å². The Bertz CT molecular complexity index is 1230. The molecular weight excluding hydrogens is 474 g/mol. The van der Waals surface area contributed by atoms with E-state index >= 15 is 0 Å². The Hall–Kier alpha value is -3.91. The van der Waals surface area contributed by atoms with Gasteiger partial charge in [-0.3, -0.25) is 14.5 Å². The molecule has 184 valence electrons. The maximum absolute atomic E-state index is 13.2. The molecule has 1 unspecified atom stereocenters. The van der Waals surface area contributed by atoms with Gasteiger partial charge >= 0.3 is 5.97 Å². The van der Waals surface area contributed by atoms with E-state index in [1.165, 1.54) is 11.8 Å². The summed E-state index contributed by atoms with van der Waals surface area (Å²) in [5, 5.41) is 2.73. The van der Waals surface area contributed by atoms with E-state index in [1.54, 1.807) is 36.1 Å². The van der Waals surface area contributed by atoms with Gasteiger partial charge in [-0.1, -0.05) is 60.3 Å². The van der Waals surface area contributed by atoms with Crippen LogP contribution in [0.2, 0.25) is 0 Å². The molecule has 0 saturated carbocycles. The van der Waals surface area contributed by atoms with Crippen molar-refractivity contribution in [3.05, 3.63) is 96.1 Å². The average Bonchev–Trinajstić information content (AvgIpc) is 2.90. The highest BCUT2D eigenvalue weighted by atomic mass is 32.2. The zero-order valence-electron chi connectivity index (χ0n) is 19.9. The van der Waals surface area contributed by atoms with Crippen LogP contribution in [-0.4, -0.2) is 46.3 Å². The number of amidine groups is 1. The number of carbonyl (C=O) groups is 3. The smallest absolute Gasteiger partial charge is 0.338 e. The fourth-order valence-electron chi connectivity index (χ4n) is 3.69. The van der Waals surface area contributed by atoms with Gasteiger partial charge in [0.25, 0.3) is 0 Å². The molecule has 7 nitrogen and oxygen atoms in total. The minimum atomic E-state index is -0.627. The topological polar surface area (TPSA) is 88.1 Å². The molecule has 1 saturated heterocycles. The van der Waals surface area contributed by atoms with Crippen LogP contribution in [0.5, 0.6) is 0 Å². The van der Waals surface area contributed by atoms with Crippen LogP contribution in [0.4, 0.5) is 11.4 Å². The standard InChI is InChI=1S/C28H27N3O4S/c1-2-35-27(34)21-13-15-23(16-14-21)29-26(33)24-19-25(32)31(18-17-20-9-5-3-6-10-20)28(36-24)30-22-11-7-4-8-12-22/h3-16,24H,2,17-19H2,1H3,(H,29,33). The Morgan fingerprint density at radius 2 is 1.67 bits per heavy atom. The van der Waals surface area contributed by atoms with Crippen molar-refractivity contribution in [2.75, 3.05) is 18.5 Å².